The summed E-state index contributed by atoms with van der Waals surface area (Å²) in [6, 6.07) is -1.96. The van der Waals surface area contributed by atoms with Crippen LogP contribution in [-0.2, 0) is 41.7 Å². The molecule has 0 heterocycles. The Balaban J connectivity index is -0.000000256. The molecule has 0 saturated heterocycles. The van der Waals surface area contributed by atoms with E-state index in [1.807, 2.05) is 0 Å². The third-order valence-electron chi connectivity index (χ3n) is 2.03. The monoisotopic (exact) mass is 360 g/mol. The molecule has 0 aromatic heterocycles. The van der Waals surface area contributed by atoms with Gasteiger partial charge in [0.1, 0.15) is 6.04 Å². The fraction of sp³-hybridized carbons (Fsp3) is 0.800. The average molecular weight is 362 g/mol. The van der Waals surface area contributed by atoms with E-state index in [2.05, 4.69) is 12.6 Å². The predicted octanol–water partition coefficient (Wildman–Crippen LogP) is -1.51. The molecule has 0 rings (SSSR count). The van der Waals surface area contributed by atoms with Crippen LogP contribution in [0.15, 0.2) is 0 Å². The van der Waals surface area contributed by atoms with E-state index in [0.717, 1.165) is 0 Å². The van der Waals surface area contributed by atoms with Gasteiger partial charge in [-0.1, -0.05) is 13.8 Å². The van der Waals surface area contributed by atoms with Gasteiger partial charge >= 0.3 is 25.4 Å². The van der Waals surface area contributed by atoms with Crippen molar-refractivity contribution in [2.24, 2.45) is 11.5 Å². The Morgan fingerprint density at radius 3 is 1.53 bits per heavy atom. The fourth-order valence-electron chi connectivity index (χ4n) is 0.586. The summed E-state index contributed by atoms with van der Waals surface area (Å²) in [5.74, 6) is -2.31. The van der Waals surface area contributed by atoms with Crippen LogP contribution in [0.2, 0.25) is 0 Å². The molecule has 19 heavy (non-hydrogen) atoms. The molecular formula is C10H20N2O4S2Zn. The minimum absolute atomic E-state index is 0. The molecule has 0 aliphatic carbocycles. The maximum atomic E-state index is 10.2. The van der Waals surface area contributed by atoms with Gasteiger partial charge in [-0.05, 0) is 13.8 Å². The van der Waals surface area contributed by atoms with Crippen LogP contribution in [-0.4, -0.2) is 38.6 Å². The standard InChI is InChI=1S/2C5H11NO2S.Zn/c2*1-5(2,9)3(6)4(7)8;/h2*3,9H,6H2,1-2H3,(H,7,8);/q;;+2/p-2/t2*3-;/m00./s1. The molecule has 0 saturated carbocycles. The predicted molar refractivity (Wildman–Crippen MR) is 73.1 cm³/mol. The van der Waals surface area contributed by atoms with E-state index in [-0.39, 0.29) is 19.5 Å². The van der Waals surface area contributed by atoms with Gasteiger partial charge in [-0.2, -0.15) is 12.6 Å². The molecule has 0 amide bonds. The van der Waals surface area contributed by atoms with Gasteiger partial charge in [0.2, 0.25) is 0 Å². The van der Waals surface area contributed by atoms with Crippen LogP contribution in [0.3, 0.4) is 0 Å². The van der Waals surface area contributed by atoms with Crippen molar-refractivity contribution >= 4 is 37.2 Å². The second kappa shape index (κ2) is 9.18. The molecular weight excluding hydrogens is 342 g/mol. The minimum Gasteiger partial charge on any atom is -0.785 e. The molecule has 2 atom stereocenters. The number of carbonyl (C=O) groups excluding carboxylic acids is 1. The summed E-state index contributed by atoms with van der Waals surface area (Å²) in [6.45, 7) is 6.47. The Labute approximate surface area is 137 Å². The zero-order chi connectivity index (χ0) is 15.3. The zero-order valence-corrected chi connectivity index (χ0v) is 16.2. The van der Waals surface area contributed by atoms with E-state index in [4.69, 9.17) is 29.2 Å². The number of carboxylic acid groups (broad SMARTS) is 2. The molecule has 0 aromatic rings. The Kier molecular flexibility index (Phi) is 11.7. The van der Waals surface area contributed by atoms with Crippen molar-refractivity contribution < 1.29 is 39.3 Å². The van der Waals surface area contributed by atoms with Crippen LogP contribution in [0.25, 0.3) is 0 Å². The number of carbonyl (C=O) groups is 2. The Morgan fingerprint density at radius 2 is 1.53 bits per heavy atom. The van der Waals surface area contributed by atoms with Crippen molar-refractivity contribution in [3.05, 3.63) is 0 Å². The van der Waals surface area contributed by atoms with Crippen LogP contribution in [0, 0.1) is 0 Å². The Hall–Kier alpha value is 0.183. The summed E-state index contributed by atoms with van der Waals surface area (Å²) in [7, 11) is 0. The van der Waals surface area contributed by atoms with Gasteiger partial charge in [-0.15, -0.1) is 4.75 Å². The first-order chi connectivity index (χ1) is 7.71. The van der Waals surface area contributed by atoms with Gasteiger partial charge in [-0.3, -0.25) is 4.79 Å². The fourth-order valence-corrected chi connectivity index (χ4v) is 0.793. The molecule has 0 spiro atoms. The van der Waals surface area contributed by atoms with E-state index in [0.29, 0.717) is 0 Å². The third kappa shape index (κ3) is 11.7. The van der Waals surface area contributed by atoms with Crippen LogP contribution < -0.4 is 16.6 Å². The maximum absolute atomic E-state index is 10.2. The van der Waals surface area contributed by atoms with Crippen LogP contribution in [0.1, 0.15) is 27.7 Å². The summed E-state index contributed by atoms with van der Waals surface area (Å²) in [4.78, 5) is 20.2. The molecule has 0 radical (unpaired) electrons. The van der Waals surface area contributed by atoms with Gasteiger partial charge in [0.25, 0.3) is 0 Å². The smallest absolute Gasteiger partial charge is 0.785 e. The molecule has 0 aliphatic heterocycles. The van der Waals surface area contributed by atoms with Crippen molar-refractivity contribution in [3.8, 4) is 0 Å². The Bertz CT molecular complexity index is 273. The van der Waals surface area contributed by atoms with E-state index >= 15 is 0 Å². The quantitative estimate of drug-likeness (QED) is 0.272. The number of aliphatic carboxylic acids is 2. The normalized spacial score (nSPS) is 14.3. The molecule has 0 fully saturated rings. The molecule has 9 heteroatoms. The van der Waals surface area contributed by atoms with E-state index in [1.54, 1.807) is 27.7 Å². The molecule has 0 aromatic carbocycles. The first-order valence-corrected chi connectivity index (χ1v) is 5.94. The average Bonchev–Trinajstić information content (AvgIpc) is 2.13. The van der Waals surface area contributed by atoms with Gasteiger partial charge in [0.15, 0.2) is 0 Å². The zero-order valence-electron chi connectivity index (χ0n) is 11.5. The second-order valence-electron chi connectivity index (χ2n) is 4.87. The van der Waals surface area contributed by atoms with Crippen molar-refractivity contribution in [2.45, 2.75) is 49.3 Å². The molecule has 108 valence electrons. The van der Waals surface area contributed by atoms with Gasteiger partial charge in [0, 0.05) is 10.8 Å². The number of hydrogen-bond acceptors (Lipinski definition) is 7. The van der Waals surface area contributed by atoms with Gasteiger partial charge in [0.05, 0.1) is 5.97 Å². The third-order valence-corrected chi connectivity index (χ3v) is 2.56. The van der Waals surface area contributed by atoms with Gasteiger partial charge < -0.3 is 39.1 Å². The van der Waals surface area contributed by atoms with Crippen LogP contribution in [0.4, 0.5) is 0 Å². The topological polar surface area (TPSA) is 129 Å². The summed E-state index contributed by atoms with van der Waals surface area (Å²) in [5.41, 5.74) is 10.3. The number of thiol groups is 1. The molecule has 6 nitrogen and oxygen atoms in total. The summed E-state index contributed by atoms with van der Waals surface area (Å²) >= 11 is 8.72. The number of carboxylic acids is 2. The van der Waals surface area contributed by atoms with E-state index in [1.165, 1.54) is 0 Å². The number of hydrogen-bond donors (Lipinski definition) is 4. The van der Waals surface area contributed by atoms with Crippen molar-refractivity contribution in [2.75, 3.05) is 0 Å². The number of rotatable bonds is 4. The van der Waals surface area contributed by atoms with Crippen molar-refractivity contribution in [1.82, 2.24) is 0 Å². The molecule has 0 bridgehead atoms. The number of nitrogens with two attached hydrogens (primary N) is 2. The maximum Gasteiger partial charge on any atom is 2.00 e. The molecule has 5 N–H and O–H groups in total. The summed E-state index contributed by atoms with van der Waals surface area (Å²) in [6.07, 6.45) is 0. The Morgan fingerprint density at radius 1 is 1.21 bits per heavy atom. The van der Waals surface area contributed by atoms with E-state index < -0.39 is 33.5 Å². The van der Waals surface area contributed by atoms with Crippen molar-refractivity contribution in [1.29, 1.82) is 0 Å². The molecule has 0 unspecified atom stereocenters. The largest absolute Gasteiger partial charge is 2.00 e. The van der Waals surface area contributed by atoms with Gasteiger partial charge in [-0.25, -0.2) is 0 Å². The molecule has 0 aliphatic rings. The summed E-state index contributed by atoms with van der Waals surface area (Å²) in [5, 5.41) is 18.4. The minimum atomic E-state index is -1.30. The van der Waals surface area contributed by atoms with Crippen molar-refractivity contribution in [3.63, 3.8) is 0 Å². The first-order valence-electron chi connectivity index (χ1n) is 5.09. The first kappa shape index (κ1) is 24.2. The van der Waals surface area contributed by atoms with Crippen LogP contribution >= 0.6 is 12.6 Å². The van der Waals surface area contributed by atoms with E-state index in [9.17, 15) is 14.7 Å². The second-order valence-corrected chi connectivity index (χ2v) is 7.07. The SMILES string of the molecule is CC(C)(S)[C@@H](N)C(=O)O.CC(C)([S-])[C@@H](N)C(=O)[O-].[Zn+2]. The summed E-state index contributed by atoms with van der Waals surface area (Å²) < 4.78 is -1.47. The van der Waals surface area contributed by atoms with Crippen LogP contribution in [0.5, 0.6) is 0 Å².